The molecule has 25 heavy (non-hydrogen) atoms. The van der Waals surface area contributed by atoms with Crippen molar-refractivity contribution in [3.05, 3.63) is 41.8 Å². The van der Waals surface area contributed by atoms with Gasteiger partial charge in [-0.05, 0) is 12.1 Å². The molecule has 0 bridgehead atoms. The van der Waals surface area contributed by atoms with Crippen LogP contribution in [0.3, 0.4) is 0 Å². The van der Waals surface area contributed by atoms with Gasteiger partial charge in [-0.3, -0.25) is 4.79 Å². The van der Waals surface area contributed by atoms with Crippen molar-refractivity contribution in [1.29, 1.82) is 0 Å². The highest BCUT2D eigenvalue weighted by atomic mass is 32.1. The lowest BCUT2D eigenvalue weighted by atomic mass is 10.3. The summed E-state index contributed by atoms with van der Waals surface area (Å²) in [4.78, 5) is 25.8. The van der Waals surface area contributed by atoms with Crippen LogP contribution in [0, 0.1) is 0 Å². The van der Waals surface area contributed by atoms with Crippen LogP contribution in [-0.2, 0) is 11.3 Å². The Kier molecular flexibility index (Phi) is 5.24. The maximum atomic E-state index is 10.7. The van der Waals surface area contributed by atoms with Gasteiger partial charge in [0, 0.05) is 31.2 Å². The first kappa shape index (κ1) is 16.9. The number of rotatable bonds is 8. The van der Waals surface area contributed by atoms with Gasteiger partial charge in [-0.2, -0.15) is 4.98 Å². The summed E-state index contributed by atoms with van der Waals surface area (Å²) in [7, 11) is 1.90. The second kappa shape index (κ2) is 7.75. The van der Waals surface area contributed by atoms with E-state index in [0.29, 0.717) is 24.0 Å². The van der Waals surface area contributed by atoms with Gasteiger partial charge >= 0.3 is 5.97 Å². The summed E-state index contributed by atoms with van der Waals surface area (Å²) in [5.41, 5.74) is 0.684. The molecule has 0 fully saturated rings. The van der Waals surface area contributed by atoms with Gasteiger partial charge < -0.3 is 19.7 Å². The van der Waals surface area contributed by atoms with E-state index < -0.39 is 5.97 Å². The number of hydrogen-bond donors (Lipinski definition) is 2. The molecule has 0 aromatic carbocycles. The van der Waals surface area contributed by atoms with Crippen LogP contribution in [0.2, 0.25) is 0 Å². The van der Waals surface area contributed by atoms with E-state index in [0.717, 1.165) is 10.8 Å². The molecule has 0 radical (unpaired) electrons. The average molecular weight is 359 g/mol. The fraction of sp³-hybridized carbons (Fsp3) is 0.250. The van der Waals surface area contributed by atoms with E-state index in [1.807, 2.05) is 35.5 Å². The molecule has 9 heteroatoms. The van der Waals surface area contributed by atoms with Crippen molar-refractivity contribution in [3.8, 4) is 10.7 Å². The molecule has 0 aliphatic rings. The Balaban J connectivity index is 1.84. The molecule has 3 aromatic heterocycles. The largest absolute Gasteiger partial charge is 0.481 e. The molecular weight excluding hydrogens is 342 g/mol. The molecule has 0 saturated heterocycles. The molecule has 8 nitrogen and oxygen atoms in total. The van der Waals surface area contributed by atoms with Gasteiger partial charge in [0.25, 0.3) is 0 Å². The summed E-state index contributed by atoms with van der Waals surface area (Å²) in [6, 6.07) is 5.58. The Morgan fingerprint density at radius 1 is 1.44 bits per heavy atom. The lowest BCUT2D eigenvalue weighted by molar-refractivity contribution is -0.136. The van der Waals surface area contributed by atoms with Crippen LogP contribution < -0.4 is 10.2 Å². The van der Waals surface area contributed by atoms with E-state index in [4.69, 9.17) is 9.52 Å². The van der Waals surface area contributed by atoms with Crippen LogP contribution in [-0.4, -0.2) is 39.6 Å². The minimum atomic E-state index is -0.876. The molecule has 0 unspecified atom stereocenters. The molecule has 3 rings (SSSR count). The number of furan rings is 1. The molecule has 0 aliphatic heterocycles. The number of aliphatic carboxylic acids is 1. The van der Waals surface area contributed by atoms with Crippen molar-refractivity contribution in [1.82, 2.24) is 15.0 Å². The second-order valence-electron chi connectivity index (χ2n) is 5.28. The Morgan fingerprint density at radius 3 is 3.00 bits per heavy atom. The minimum Gasteiger partial charge on any atom is -0.481 e. The molecule has 3 heterocycles. The number of hydrogen-bond acceptors (Lipinski definition) is 8. The molecule has 0 aliphatic carbocycles. The van der Waals surface area contributed by atoms with Crippen LogP contribution in [0.15, 0.2) is 40.5 Å². The van der Waals surface area contributed by atoms with Gasteiger partial charge in [0.15, 0.2) is 0 Å². The number of carboxylic acid groups (broad SMARTS) is 1. The van der Waals surface area contributed by atoms with Gasteiger partial charge in [-0.1, -0.05) is 0 Å². The quantitative estimate of drug-likeness (QED) is 0.632. The maximum Gasteiger partial charge on any atom is 0.305 e. The highest BCUT2D eigenvalue weighted by Crippen LogP contribution is 2.25. The zero-order chi connectivity index (χ0) is 17.6. The first-order chi connectivity index (χ1) is 12.1. The Bertz CT molecular complexity index is 820. The maximum absolute atomic E-state index is 10.7. The van der Waals surface area contributed by atoms with Crippen molar-refractivity contribution < 1.29 is 14.3 Å². The van der Waals surface area contributed by atoms with Gasteiger partial charge in [0.1, 0.15) is 22.3 Å². The number of aromatic nitrogens is 3. The summed E-state index contributed by atoms with van der Waals surface area (Å²) in [5, 5.41) is 14.4. The molecule has 3 aromatic rings. The van der Waals surface area contributed by atoms with E-state index in [1.165, 1.54) is 11.3 Å². The lowest BCUT2D eigenvalue weighted by Gasteiger charge is -2.18. The molecule has 0 saturated carbocycles. The number of carboxylic acids is 1. The minimum absolute atomic E-state index is 0.0115. The van der Waals surface area contributed by atoms with Crippen LogP contribution >= 0.6 is 11.3 Å². The van der Waals surface area contributed by atoms with Crippen molar-refractivity contribution >= 4 is 29.1 Å². The normalized spacial score (nSPS) is 10.6. The number of anilines is 2. The highest BCUT2D eigenvalue weighted by molar-refractivity contribution is 7.13. The standard InChI is InChI=1S/C16H17N5O3S/c1-21(10-11-3-2-7-24-11)13-9-12(15-17-6-8-25-15)19-16(20-13)18-5-4-14(22)23/h2-3,6-9H,4-5,10H2,1H3,(H,22,23)(H,18,19,20). The molecule has 0 atom stereocenters. The SMILES string of the molecule is CN(Cc1ccco1)c1cc(-c2nccs2)nc(NCCC(=O)O)n1. The molecule has 2 N–H and O–H groups in total. The molecule has 0 spiro atoms. The zero-order valence-electron chi connectivity index (χ0n) is 13.5. The third-order valence-electron chi connectivity index (χ3n) is 3.35. The third kappa shape index (κ3) is 4.54. The van der Waals surface area contributed by atoms with Gasteiger partial charge in [0.2, 0.25) is 5.95 Å². The highest BCUT2D eigenvalue weighted by Gasteiger charge is 2.13. The zero-order valence-corrected chi connectivity index (χ0v) is 14.4. The monoisotopic (exact) mass is 359 g/mol. The van der Waals surface area contributed by atoms with Gasteiger partial charge in [-0.15, -0.1) is 11.3 Å². The van der Waals surface area contributed by atoms with Crippen molar-refractivity contribution in [2.24, 2.45) is 0 Å². The smallest absolute Gasteiger partial charge is 0.305 e. The first-order valence-electron chi connectivity index (χ1n) is 7.60. The van der Waals surface area contributed by atoms with Gasteiger partial charge in [-0.25, -0.2) is 9.97 Å². The van der Waals surface area contributed by atoms with Gasteiger partial charge in [0.05, 0.1) is 19.2 Å². The topological polar surface area (TPSA) is 104 Å². The van der Waals surface area contributed by atoms with E-state index in [2.05, 4.69) is 20.3 Å². The average Bonchev–Trinajstić information content (AvgIpc) is 3.28. The second-order valence-corrected chi connectivity index (χ2v) is 6.17. The van der Waals surface area contributed by atoms with E-state index in [9.17, 15) is 4.79 Å². The summed E-state index contributed by atoms with van der Waals surface area (Å²) >= 11 is 1.48. The number of nitrogens with zero attached hydrogens (tertiary/aromatic N) is 4. The number of carbonyl (C=O) groups is 1. The first-order valence-corrected chi connectivity index (χ1v) is 8.48. The summed E-state index contributed by atoms with van der Waals surface area (Å²) < 4.78 is 5.37. The van der Waals surface area contributed by atoms with E-state index in [1.54, 1.807) is 12.5 Å². The predicted molar refractivity (Wildman–Crippen MR) is 94.7 cm³/mol. The van der Waals surface area contributed by atoms with Crippen LogP contribution in [0.25, 0.3) is 10.7 Å². The van der Waals surface area contributed by atoms with E-state index in [-0.39, 0.29) is 13.0 Å². The summed E-state index contributed by atoms with van der Waals surface area (Å²) in [6.07, 6.45) is 3.33. The predicted octanol–water partition coefficient (Wildman–Crippen LogP) is 2.72. The van der Waals surface area contributed by atoms with Crippen molar-refractivity contribution in [3.63, 3.8) is 0 Å². The Morgan fingerprint density at radius 2 is 2.32 bits per heavy atom. The fourth-order valence-corrected chi connectivity index (χ4v) is 2.76. The van der Waals surface area contributed by atoms with E-state index >= 15 is 0 Å². The molecular formula is C16H17N5O3S. The number of nitrogens with one attached hydrogen (secondary N) is 1. The molecule has 0 amide bonds. The third-order valence-corrected chi connectivity index (χ3v) is 4.15. The van der Waals surface area contributed by atoms with Crippen LogP contribution in [0.4, 0.5) is 11.8 Å². The summed E-state index contributed by atoms with van der Waals surface area (Å²) in [6.45, 7) is 0.799. The van der Waals surface area contributed by atoms with Crippen molar-refractivity contribution in [2.45, 2.75) is 13.0 Å². The van der Waals surface area contributed by atoms with Crippen molar-refractivity contribution in [2.75, 3.05) is 23.8 Å². The summed E-state index contributed by atoms with van der Waals surface area (Å²) in [5.74, 6) is 1.00. The Hall–Kier alpha value is -2.94. The Labute approximate surface area is 148 Å². The fourth-order valence-electron chi connectivity index (χ4n) is 2.17. The van der Waals surface area contributed by atoms with Crippen LogP contribution in [0.1, 0.15) is 12.2 Å². The lowest BCUT2D eigenvalue weighted by Crippen LogP contribution is -2.19. The molecule has 130 valence electrons. The van der Waals surface area contributed by atoms with Crippen LogP contribution in [0.5, 0.6) is 0 Å². The number of thiazole rings is 1.